The summed E-state index contributed by atoms with van der Waals surface area (Å²) < 4.78 is 1.18. The van der Waals surface area contributed by atoms with E-state index in [4.69, 9.17) is 0 Å². The van der Waals surface area contributed by atoms with Crippen molar-refractivity contribution in [3.05, 3.63) is 45.1 Å². The van der Waals surface area contributed by atoms with Crippen molar-refractivity contribution in [2.45, 2.75) is 13.0 Å². The van der Waals surface area contributed by atoms with E-state index < -0.39 is 0 Å². The van der Waals surface area contributed by atoms with Crippen LogP contribution in [-0.4, -0.2) is 14.1 Å². The molecule has 0 amide bonds. The first-order chi connectivity index (χ1) is 8.56. The molecule has 1 aromatic carbocycles. The molecule has 0 aliphatic heterocycles. The van der Waals surface area contributed by atoms with Gasteiger partial charge in [-0.15, -0.1) is 11.3 Å². The van der Waals surface area contributed by atoms with Crippen LogP contribution < -0.4 is 10.2 Å². The number of rotatable bonds is 4. The van der Waals surface area contributed by atoms with E-state index in [1.165, 1.54) is 14.4 Å². The van der Waals surface area contributed by atoms with E-state index in [1.54, 1.807) is 11.3 Å². The minimum atomic E-state index is 0.325. The number of benzene rings is 1. The molecule has 1 aromatic heterocycles. The highest BCUT2D eigenvalue weighted by molar-refractivity contribution is 9.11. The van der Waals surface area contributed by atoms with Crippen molar-refractivity contribution in [3.63, 3.8) is 0 Å². The summed E-state index contributed by atoms with van der Waals surface area (Å²) in [6, 6.07) is 13.1. The van der Waals surface area contributed by atoms with Gasteiger partial charge in [-0.2, -0.15) is 0 Å². The molecule has 1 heterocycles. The second-order valence-corrected chi connectivity index (χ2v) is 6.94. The van der Waals surface area contributed by atoms with Gasteiger partial charge in [0.2, 0.25) is 0 Å². The zero-order valence-electron chi connectivity index (χ0n) is 10.8. The minimum Gasteiger partial charge on any atom is -0.378 e. The second-order valence-electron chi connectivity index (χ2n) is 4.45. The summed E-state index contributed by atoms with van der Waals surface area (Å²) in [7, 11) is 4.10. The molecule has 2 aromatic rings. The molecule has 2 nitrogen and oxygen atoms in total. The van der Waals surface area contributed by atoms with Crippen LogP contribution in [0.15, 0.2) is 40.2 Å². The Morgan fingerprint density at radius 2 is 1.78 bits per heavy atom. The van der Waals surface area contributed by atoms with Gasteiger partial charge in [-0.05, 0) is 59.3 Å². The topological polar surface area (TPSA) is 15.3 Å². The zero-order valence-corrected chi connectivity index (χ0v) is 13.2. The molecular formula is C14H17BrN2S. The fraction of sp³-hybridized carbons (Fsp3) is 0.286. The third kappa shape index (κ3) is 3.27. The highest BCUT2D eigenvalue weighted by atomic mass is 79.9. The first-order valence-corrected chi connectivity index (χ1v) is 7.46. The van der Waals surface area contributed by atoms with Gasteiger partial charge < -0.3 is 10.2 Å². The Bertz CT molecular complexity index is 505. The van der Waals surface area contributed by atoms with Crippen molar-refractivity contribution in [2.75, 3.05) is 24.3 Å². The minimum absolute atomic E-state index is 0.325. The lowest BCUT2D eigenvalue weighted by atomic mass is 10.2. The number of halogens is 1. The van der Waals surface area contributed by atoms with E-state index in [9.17, 15) is 0 Å². The molecule has 0 radical (unpaired) electrons. The molecule has 4 heteroatoms. The van der Waals surface area contributed by atoms with Crippen molar-refractivity contribution in [1.82, 2.24) is 0 Å². The lowest BCUT2D eigenvalue weighted by Crippen LogP contribution is -2.09. The largest absolute Gasteiger partial charge is 0.378 e. The van der Waals surface area contributed by atoms with Gasteiger partial charge in [0.15, 0.2) is 0 Å². The summed E-state index contributed by atoms with van der Waals surface area (Å²) in [4.78, 5) is 3.43. The summed E-state index contributed by atoms with van der Waals surface area (Å²) in [5.74, 6) is 0. The van der Waals surface area contributed by atoms with Gasteiger partial charge in [0.05, 0.1) is 9.83 Å². The molecule has 0 bridgehead atoms. The van der Waals surface area contributed by atoms with Crippen molar-refractivity contribution < 1.29 is 0 Å². The van der Waals surface area contributed by atoms with Gasteiger partial charge in [-0.25, -0.2) is 0 Å². The van der Waals surface area contributed by atoms with Gasteiger partial charge >= 0.3 is 0 Å². The summed E-state index contributed by atoms with van der Waals surface area (Å²) in [5, 5.41) is 3.51. The molecule has 0 saturated heterocycles. The Hall–Kier alpha value is -1.000. The molecule has 1 atom stereocenters. The van der Waals surface area contributed by atoms with E-state index in [1.807, 2.05) is 14.1 Å². The summed E-state index contributed by atoms with van der Waals surface area (Å²) in [6.07, 6.45) is 0. The normalized spacial score (nSPS) is 12.2. The van der Waals surface area contributed by atoms with E-state index in [-0.39, 0.29) is 0 Å². The Kier molecular flexibility index (Phi) is 4.30. The first-order valence-electron chi connectivity index (χ1n) is 5.85. The number of thiophene rings is 1. The molecule has 0 saturated carbocycles. The van der Waals surface area contributed by atoms with Crippen LogP contribution in [0, 0.1) is 0 Å². The van der Waals surface area contributed by atoms with Crippen molar-refractivity contribution in [2.24, 2.45) is 0 Å². The molecule has 1 N–H and O–H groups in total. The highest BCUT2D eigenvalue weighted by Crippen LogP contribution is 2.29. The molecule has 0 aliphatic rings. The molecule has 0 fully saturated rings. The zero-order chi connectivity index (χ0) is 13.1. The molecule has 0 spiro atoms. The van der Waals surface area contributed by atoms with Crippen LogP contribution in [0.2, 0.25) is 0 Å². The average Bonchev–Trinajstić information content (AvgIpc) is 2.76. The molecule has 2 rings (SSSR count). The van der Waals surface area contributed by atoms with Gasteiger partial charge in [0.25, 0.3) is 0 Å². The molecule has 96 valence electrons. The van der Waals surface area contributed by atoms with Crippen LogP contribution >= 0.6 is 27.3 Å². The summed E-state index contributed by atoms with van der Waals surface area (Å²) in [6.45, 7) is 2.18. The number of hydrogen-bond acceptors (Lipinski definition) is 3. The SMILES string of the molecule is CC(Nc1ccc(N(C)C)cc1)c1ccc(Br)s1. The number of nitrogens with zero attached hydrogens (tertiary/aromatic N) is 1. The van der Waals surface area contributed by atoms with Crippen LogP contribution in [0.1, 0.15) is 17.8 Å². The van der Waals surface area contributed by atoms with E-state index in [0.29, 0.717) is 6.04 Å². The fourth-order valence-corrected chi connectivity index (χ4v) is 3.16. The van der Waals surface area contributed by atoms with Crippen LogP contribution in [-0.2, 0) is 0 Å². The Labute approximate surface area is 121 Å². The first kappa shape index (κ1) is 13.4. The van der Waals surface area contributed by atoms with Crippen LogP contribution in [0.5, 0.6) is 0 Å². The number of nitrogens with one attached hydrogen (secondary N) is 1. The van der Waals surface area contributed by atoms with Gasteiger partial charge in [-0.3, -0.25) is 0 Å². The van der Waals surface area contributed by atoms with Gasteiger partial charge in [-0.1, -0.05) is 0 Å². The maximum absolute atomic E-state index is 3.51. The predicted molar refractivity (Wildman–Crippen MR) is 84.8 cm³/mol. The van der Waals surface area contributed by atoms with Crippen molar-refractivity contribution in [3.8, 4) is 0 Å². The third-order valence-electron chi connectivity index (χ3n) is 2.79. The Balaban J connectivity index is 2.05. The third-order valence-corrected chi connectivity index (χ3v) is 4.59. The maximum atomic E-state index is 3.51. The van der Waals surface area contributed by atoms with Gasteiger partial charge in [0.1, 0.15) is 0 Å². The standard InChI is InChI=1S/C14H17BrN2S/c1-10(13-8-9-14(15)18-13)16-11-4-6-12(7-5-11)17(2)3/h4-10,16H,1-3H3. The van der Waals surface area contributed by atoms with E-state index in [0.717, 1.165) is 5.69 Å². The summed E-state index contributed by atoms with van der Waals surface area (Å²) in [5.41, 5.74) is 2.37. The quantitative estimate of drug-likeness (QED) is 0.873. The Morgan fingerprint density at radius 1 is 1.11 bits per heavy atom. The molecule has 1 unspecified atom stereocenters. The lowest BCUT2D eigenvalue weighted by molar-refractivity contribution is 0.908. The number of anilines is 2. The highest BCUT2D eigenvalue weighted by Gasteiger charge is 2.07. The van der Waals surface area contributed by atoms with Crippen molar-refractivity contribution in [1.29, 1.82) is 0 Å². The molecule has 18 heavy (non-hydrogen) atoms. The van der Waals surface area contributed by atoms with Crippen molar-refractivity contribution >= 4 is 38.6 Å². The smallest absolute Gasteiger partial charge is 0.0702 e. The number of hydrogen-bond donors (Lipinski definition) is 1. The lowest BCUT2D eigenvalue weighted by Gasteiger charge is -2.16. The molecule has 0 aliphatic carbocycles. The van der Waals surface area contributed by atoms with E-state index in [2.05, 4.69) is 69.5 Å². The fourth-order valence-electron chi connectivity index (χ4n) is 1.74. The van der Waals surface area contributed by atoms with Crippen LogP contribution in [0.4, 0.5) is 11.4 Å². The summed E-state index contributed by atoms with van der Waals surface area (Å²) >= 11 is 5.27. The second kappa shape index (κ2) is 5.76. The Morgan fingerprint density at radius 3 is 2.28 bits per heavy atom. The van der Waals surface area contributed by atoms with Crippen LogP contribution in [0.25, 0.3) is 0 Å². The average molecular weight is 325 g/mol. The molecular weight excluding hydrogens is 308 g/mol. The monoisotopic (exact) mass is 324 g/mol. The van der Waals surface area contributed by atoms with Crippen LogP contribution in [0.3, 0.4) is 0 Å². The maximum Gasteiger partial charge on any atom is 0.0702 e. The van der Waals surface area contributed by atoms with E-state index >= 15 is 0 Å². The predicted octanol–water partition coefficient (Wildman–Crippen LogP) is 4.75. The van der Waals surface area contributed by atoms with Gasteiger partial charge in [0, 0.05) is 30.3 Å².